The Hall–Kier alpha value is -1.15. The van der Waals surface area contributed by atoms with Crippen molar-refractivity contribution in [3.05, 3.63) is 35.4 Å². The molecule has 15 heavy (non-hydrogen) atoms. The van der Waals surface area contributed by atoms with Crippen molar-refractivity contribution >= 4 is 5.78 Å². The number of carbonyl (C=O) groups is 1. The van der Waals surface area contributed by atoms with Crippen LogP contribution in [0.1, 0.15) is 30.9 Å². The molecule has 0 aliphatic heterocycles. The molecule has 2 heteroatoms. The van der Waals surface area contributed by atoms with Crippen LogP contribution in [0.2, 0.25) is 0 Å². The van der Waals surface area contributed by atoms with Crippen molar-refractivity contribution in [2.75, 3.05) is 0 Å². The summed E-state index contributed by atoms with van der Waals surface area (Å²) in [4.78, 5) is 11.5. The Labute approximate surface area is 90.9 Å². The van der Waals surface area contributed by atoms with Crippen LogP contribution in [0.15, 0.2) is 24.3 Å². The zero-order chi connectivity index (χ0) is 11.3. The van der Waals surface area contributed by atoms with E-state index in [1.165, 1.54) is 5.56 Å². The number of hydrogen-bond donors (Lipinski definition) is 1. The second kappa shape index (κ2) is 5.66. The van der Waals surface area contributed by atoms with Crippen molar-refractivity contribution in [2.24, 2.45) is 0 Å². The molecule has 0 saturated carbocycles. The number of benzene rings is 1. The second-order valence-corrected chi connectivity index (χ2v) is 3.93. The van der Waals surface area contributed by atoms with Gasteiger partial charge in [0.05, 0.1) is 0 Å². The van der Waals surface area contributed by atoms with E-state index in [0.29, 0.717) is 12.8 Å². The van der Waals surface area contributed by atoms with Crippen LogP contribution in [0, 0.1) is 6.92 Å². The summed E-state index contributed by atoms with van der Waals surface area (Å²) in [5.74, 6) is -0.0827. The lowest BCUT2D eigenvalue weighted by molar-refractivity contribution is -0.126. The standard InChI is InChI=1S/C13H18O2/c1-3-4-12(14)13(15)9-11-7-5-10(2)6-8-11/h5-8,12,14H,3-4,9H2,1-2H3. The van der Waals surface area contributed by atoms with E-state index in [-0.39, 0.29) is 5.78 Å². The first kappa shape index (κ1) is 11.9. The van der Waals surface area contributed by atoms with Gasteiger partial charge in [0.25, 0.3) is 0 Å². The van der Waals surface area contributed by atoms with E-state index in [4.69, 9.17) is 0 Å². The maximum absolute atomic E-state index is 11.5. The minimum atomic E-state index is -0.795. The van der Waals surface area contributed by atoms with Crippen LogP contribution in [0.5, 0.6) is 0 Å². The summed E-state index contributed by atoms with van der Waals surface area (Å²) in [7, 11) is 0. The zero-order valence-corrected chi connectivity index (χ0v) is 9.36. The van der Waals surface area contributed by atoms with Crippen LogP contribution >= 0.6 is 0 Å². The van der Waals surface area contributed by atoms with E-state index in [9.17, 15) is 9.90 Å². The fourth-order valence-electron chi connectivity index (χ4n) is 1.46. The Morgan fingerprint density at radius 2 is 1.93 bits per heavy atom. The molecule has 82 valence electrons. The average molecular weight is 206 g/mol. The van der Waals surface area contributed by atoms with Gasteiger partial charge in [0.15, 0.2) is 5.78 Å². The van der Waals surface area contributed by atoms with E-state index in [2.05, 4.69) is 0 Å². The van der Waals surface area contributed by atoms with Crippen molar-refractivity contribution in [3.63, 3.8) is 0 Å². The third-order valence-electron chi connectivity index (χ3n) is 2.43. The molecule has 0 radical (unpaired) electrons. The minimum absolute atomic E-state index is 0.0827. The van der Waals surface area contributed by atoms with Crippen molar-refractivity contribution in [1.29, 1.82) is 0 Å². The third-order valence-corrected chi connectivity index (χ3v) is 2.43. The van der Waals surface area contributed by atoms with Gasteiger partial charge in [-0.15, -0.1) is 0 Å². The molecular weight excluding hydrogens is 188 g/mol. The minimum Gasteiger partial charge on any atom is -0.385 e. The Morgan fingerprint density at radius 3 is 2.47 bits per heavy atom. The van der Waals surface area contributed by atoms with E-state index < -0.39 is 6.10 Å². The highest BCUT2D eigenvalue weighted by Crippen LogP contribution is 2.07. The highest BCUT2D eigenvalue weighted by Gasteiger charge is 2.13. The first-order valence-corrected chi connectivity index (χ1v) is 5.39. The van der Waals surface area contributed by atoms with Crippen molar-refractivity contribution in [3.8, 4) is 0 Å². The van der Waals surface area contributed by atoms with Gasteiger partial charge >= 0.3 is 0 Å². The van der Waals surface area contributed by atoms with Crippen LogP contribution in [0.3, 0.4) is 0 Å². The molecule has 1 aromatic rings. The van der Waals surface area contributed by atoms with E-state index in [1.807, 2.05) is 38.1 Å². The quantitative estimate of drug-likeness (QED) is 0.802. The van der Waals surface area contributed by atoms with Gasteiger partial charge in [0, 0.05) is 6.42 Å². The molecule has 0 heterocycles. The lowest BCUT2D eigenvalue weighted by Crippen LogP contribution is -2.21. The summed E-state index contributed by atoms with van der Waals surface area (Å²) >= 11 is 0. The molecule has 1 aromatic carbocycles. The molecule has 1 unspecified atom stereocenters. The average Bonchev–Trinajstić information content (AvgIpc) is 2.22. The Balaban J connectivity index is 2.54. The number of aryl methyl sites for hydroxylation is 1. The lowest BCUT2D eigenvalue weighted by Gasteiger charge is -2.07. The highest BCUT2D eigenvalue weighted by atomic mass is 16.3. The maximum atomic E-state index is 11.5. The van der Waals surface area contributed by atoms with Gasteiger partial charge < -0.3 is 5.11 Å². The first-order chi connectivity index (χ1) is 7.13. The zero-order valence-electron chi connectivity index (χ0n) is 9.36. The number of hydrogen-bond acceptors (Lipinski definition) is 2. The smallest absolute Gasteiger partial charge is 0.165 e. The molecule has 0 aliphatic carbocycles. The van der Waals surface area contributed by atoms with Crippen molar-refractivity contribution in [1.82, 2.24) is 0 Å². The summed E-state index contributed by atoms with van der Waals surface area (Å²) in [5, 5.41) is 9.48. The normalized spacial score (nSPS) is 12.5. The van der Waals surface area contributed by atoms with Gasteiger partial charge in [0.2, 0.25) is 0 Å². The summed E-state index contributed by atoms with van der Waals surface area (Å²) < 4.78 is 0. The van der Waals surface area contributed by atoms with Crippen molar-refractivity contribution < 1.29 is 9.90 Å². The lowest BCUT2D eigenvalue weighted by atomic mass is 10.0. The molecule has 2 nitrogen and oxygen atoms in total. The van der Waals surface area contributed by atoms with E-state index in [0.717, 1.165) is 12.0 Å². The van der Waals surface area contributed by atoms with E-state index in [1.54, 1.807) is 0 Å². The molecule has 0 aliphatic rings. The predicted octanol–water partition coefficient (Wildman–Crippen LogP) is 2.27. The van der Waals surface area contributed by atoms with Gasteiger partial charge in [-0.25, -0.2) is 0 Å². The molecule has 1 rings (SSSR count). The first-order valence-electron chi connectivity index (χ1n) is 5.39. The van der Waals surface area contributed by atoms with Crippen LogP contribution < -0.4 is 0 Å². The van der Waals surface area contributed by atoms with Gasteiger partial charge in [-0.3, -0.25) is 4.79 Å². The van der Waals surface area contributed by atoms with Gasteiger partial charge in [-0.1, -0.05) is 43.2 Å². The van der Waals surface area contributed by atoms with Gasteiger partial charge in [-0.05, 0) is 18.9 Å². The largest absolute Gasteiger partial charge is 0.385 e. The topological polar surface area (TPSA) is 37.3 Å². The molecule has 0 aromatic heterocycles. The van der Waals surface area contributed by atoms with Crippen LogP contribution in [0.4, 0.5) is 0 Å². The number of Topliss-reactive ketones (excluding diaryl/α,β-unsaturated/α-hetero) is 1. The number of rotatable bonds is 5. The van der Waals surface area contributed by atoms with Crippen LogP contribution in [-0.2, 0) is 11.2 Å². The predicted molar refractivity (Wildman–Crippen MR) is 60.8 cm³/mol. The summed E-state index contributed by atoms with van der Waals surface area (Å²) in [5.41, 5.74) is 2.15. The molecule has 0 spiro atoms. The summed E-state index contributed by atoms with van der Waals surface area (Å²) in [6, 6.07) is 7.83. The molecule has 0 saturated heterocycles. The Morgan fingerprint density at radius 1 is 1.33 bits per heavy atom. The van der Waals surface area contributed by atoms with Gasteiger partial charge in [0.1, 0.15) is 6.10 Å². The molecule has 0 bridgehead atoms. The van der Waals surface area contributed by atoms with Crippen LogP contribution in [-0.4, -0.2) is 17.0 Å². The maximum Gasteiger partial charge on any atom is 0.165 e. The Bertz CT molecular complexity index is 314. The molecule has 1 N–H and O–H groups in total. The monoisotopic (exact) mass is 206 g/mol. The Kier molecular flexibility index (Phi) is 4.50. The fourth-order valence-corrected chi connectivity index (χ4v) is 1.46. The number of ketones is 1. The molecular formula is C13H18O2. The molecule has 0 fully saturated rings. The highest BCUT2D eigenvalue weighted by molar-refractivity contribution is 5.84. The number of aliphatic hydroxyl groups is 1. The third kappa shape index (κ3) is 3.84. The van der Waals surface area contributed by atoms with Crippen molar-refractivity contribution in [2.45, 2.75) is 39.2 Å². The second-order valence-electron chi connectivity index (χ2n) is 3.93. The number of aliphatic hydroxyl groups excluding tert-OH is 1. The molecule has 0 amide bonds. The number of carbonyl (C=O) groups excluding carboxylic acids is 1. The SMILES string of the molecule is CCCC(O)C(=O)Cc1ccc(C)cc1. The van der Waals surface area contributed by atoms with Crippen LogP contribution in [0.25, 0.3) is 0 Å². The fraction of sp³-hybridized carbons (Fsp3) is 0.462. The summed E-state index contributed by atoms with van der Waals surface area (Å²) in [6.07, 6.45) is 0.934. The summed E-state index contributed by atoms with van der Waals surface area (Å²) in [6.45, 7) is 3.97. The van der Waals surface area contributed by atoms with E-state index >= 15 is 0 Å². The molecule has 1 atom stereocenters. The van der Waals surface area contributed by atoms with Gasteiger partial charge in [-0.2, -0.15) is 0 Å².